The van der Waals surface area contributed by atoms with E-state index in [1.807, 2.05) is 25.1 Å². The van der Waals surface area contributed by atoms with Gasteiger partial charge < -0.3 is 15.4 Å². The van der Waals surface area contributed by atoms with E-state index < -0.39 is 12.8 Å². The Kier molecular flexibility index (Phi) is 8.79. The molecule has 0 unspecified atom stereocenters. The number of aliphatic imine (C=N–C) groups is 1. The Hall–Kier alpha value is -1.47. The lowest BCUT2D eigenvalue weighted by atomic mass is 10.2. The average Bonchev–Trinajstić information content (AvgIpc) is 2.47. The predicted octanol–water partition coefficient (Wildman–Crippen LogP) is 3.36. The summed E-state index contributed by atoms with van der Waals surface area (Å²) >= 11 is 5.91. The molecule has 1 aromatic carbocycles. The standard InChI is InChI=1S/C15H21ClF3N3O/c1-2-20-14(21-7-4-8-23-11-15(17,18)19)22-10-12-5-3-6-13(16)9-12/h3,5-6,9H,2,4,7-8,10-11H2,1H3,(H2,20,21,22). The number of hydrogen-bond acceptors (Lipinski definition) is 2. The van der Waals surface area contributed by atoms with Crippen molar-refractivity contribution in [2.75, 3.05) is 26.3 Å². The Morgan fingerprint density at radius 1 is 1.30 bits per heavy atom. The zero-order valence-electron chi connectivity index (χ0n) is 12.9. The summed E-state index contributed by atoms with van der Waals surface area (Å²) in [6.45, 7) is 2.38. The molecule has 0 aromatic heterocycles. The summed E-state index contributed by atoms with van der Waals surface area (Å²) in [4.78, 5) is 4.40. The second-order valence-corrected chi connectivity index (χ2v) is 5.21. The molecular weight excluding hydrogens is 331 g/mol. The van der Waals surface area contributed by atoms with Crippen LogP contribution in [0.4, 0.5) is 13.2 Å². The molecule has 0 fully saturated rings. The Balaban J connectivity index is 2.32. The third-order valence-corrected chi connectivity index (χ3v) is 2.91. The van der Waals surface area contributed by atoms with Gasteiger partial charge in [0.15, 0.2) is 5.96 Å². The Bertz CT molecular complexity index is 495. The zero-order valence-corrected chi connectivity index (χ0v) is 13.7. The molecule has 2 N–H and O–H groups in total. The van der Waals surface area contributed by atoms with Crippen molar-refractivity contribution in [3.63, 3.8) is 0 Å². The molecule has 1 rings (SSSR count). The van der Waals surface area contributed by atoms with Crippen LogP contribution in [0.5, 0.6) is 0 Å². The highest BCUT2D eigenvalue weighted by molar-refractivity contribution is 6.30. The van der Waals surface area contributed by atoms with Crippen molar-refractivity contribution >= 4 is 17.6 Å². The van der Waals surface area contributed by atoms with Gasteiger partial charge in [0, 0.05) is 24.7 Å². The molecule has 23 heavy (non-hydrogen) atoms. The predicted molar refractivity (Wildman–Crippen MR) is 85.8 cm³/mol. The molecule has 1 aromatic rings. The summed E-state index contributed by atoms with van der Waals surface area (Å²) in [5, 5.41) is 6.77. The van der Waals surface area contributed by atoms with Crippen molar-refractivity contribution in [3.8, 4) is 0 Å². The molecule has 0 spiro atoms. The number of alkyl halides is 3. The van der Waals surface area contributed by atoms with E-state index in [2.05, 4.69) is 20.4 Å². The number of hydrogen-bond donors (Lipinski definition) is 2. The largest absolute Gasteiger partial charge is 0.411 e. The highest BCUT2D eigenvalue weighted by Gasteiger charge is 2.27. The SMILES string of the molecule is CCNC(=NCc1cccc(Cl)c1)NCCCOCC(F)(F)F. The number of rotatable bonds is 8. The lowest BCUT2D eigenvalue weighted by Gasteiger charge is -2.12. The first-order valence-corrected chi connectivity index (χ1v) is 7.69. The van der Waals surface area contributed by atoms with E-state index in [4.69, 9.17) is 11.6 Å². The van der Waals surface area contributed by atoms with Crippen molar-refractivity contribution in [2.24, 2.45) is 4.99 Å². The fourth-order valence-corrected chi connectivity index (χ4v) is 1.93. The van der Waals surface area contributed by atoms with Crippen LogP contribution in [0.25, 0.3) is 0 Å². The molecule has 0 saturated carbocycles. The molecule has 8 heteroatoms. The van der Waals surface area contributed by atoms with Gasteiger partial charge in [0.05, 0.1) is 6.54 Å². The van der Waals surface area contributed by atoms with E-state index in [9.17, 15) is 13.2 Å². The maximum absolute atomic E-state index is 11.9. The van der Waals surface area contributed by atoms with E-state index in [1.54, 1.807) is 6.07 Å². The fraction of sp³-hybridized carbons (Fsp3) is 0.533. The van der Waals surface area contributed by atoms with Crippen LogP contribution in [0.2, 0.25) is 5.02 Å². The molecule has 0 saturated heterocycles. The maximum atomic E-state index is 11.9. The van der Waals surface area contributed by atoms with Gasteiger partial charge in [0.25, 0.3) is 0 Å². The lowest BCUT2D eigenvalue weighted by Crippen LogP contribution is -2.38. The minimum absolute atomic E-state index is 0.0419. The van der Waals surface area contributed by atoms with E-state index >= 15 is 0 Å². The molecular formula is C15H21ClF3N3O. The molecule has 0 aliphatic rings. The van der Waals surface area contributed by atoms with Gasteiger partial charge in [-0.05, 0) is 31.0 Å². The van der Waals surface area contributed by atoms with Gasteiger partial charge in [-0.3, -0.25) is 0 Å². The van der Waals surface area contributed by atoms with Crippen molar-refractivity contribution in [2.45, 2.75) is 26.1 Å². The number of benzene rings is 1. The van der Waals surface area contributed by atoms with Crippen molar-refractivity contribution in [1.29, 1.82) is 0 Å². The lowest BCUT2D eigenvalue weighted by molar-refractivity contribution is -0.173. The van der Waals surface area contributed by atoms with Crippen molar-refractivity contribution in [1.82, 2.24) is 10.6 Å². The molecule has 0 heterocycles. The number of nitrogens with one attached hydrogen (secondary N) is 2. The molecule has 0 bridgehead atoms. The van der Waals surface area contributed by atoms with Crippen LogP contribution in [-0.4, -0.2) is 38.4 Å². The average molecular weight is 352 g/mol. The smallest absolute Gasteiger partial charge is 0.372 e. The molecule has 0 amide bonds. The summed E-state index contributed by atoms with van der Waals surface area (Å²) < 4.78 is 40.3. The highest BCUT2D eigenvalue weighted by Crippen LogP contribution is 2.14. The number of ether oxygens (including phenoxy) is 1. The van der Waals surface area contributed by atoms with Crippen molar-refractivity contribution < 1.29 is 17.9 Å². The van der Waals surface area contributed by atoms with Crippen LogP contribution >= 0.6 is 11.6 Å². The quantitative estimate of drug-likeness (QED) is 0.429. The first-order valence-electron chi connectivity index (χ1n) is 7.32. The summed E-state index contributed by atoms with van der Waals surface area (Å²) in [5.74, 6) is 0.600. The van der Waals surface area contributed by atoms with Gasteiger partial charge in [-0.25, -0.2) is 4.99 Å². The summed E-state index contributed by atoms with van der Waals surface area (Å²) in [7, 11) is 0. The van der Waals surface area contributed by atoms with Gasteiger partial charge >= 0.3 is 6.18 Å². The number of nitrogens with zero attached hydrogens (tertiary/aromatic N) is 1. The minimum Gasteiger partial charge on any atom is -0.372 e. The van der Waals surface area contributed by atoms with Crippen LogP contribution in [0.3, 0.4) is 0 Å². The topological polar surface area (TPSA) is 45.7 Å². The highest BCUT2D eigenvalue weighted by atomic mass is 35.5. The van der Waals surface area contributed by atoms with Crippen LogP contribution in [0.15, 0.2) is 29.3 Å². The third kappa shape index (κ3) is 10.0. The van der Waals surface area contributed by atoms with Crippen LogP contribution < -0.4 is 10.6 Å². The van der Waals surface area contributed by atoms with Crippen LogP contribution in [-0.2, 0) is 11.3 Å². The second-order valence-electron chi connectivity index (χ2n) is 4.77. The van der Waals surface area contributed by atoms with Gasteiger partial charge in [-0.1, -0.05) is 23.7 Å². The molecule has 0 aliphatic heterocycles. The van der Waals surface area contributed by atoms with E-state index in [0.29, 0.717) is 37.0 Å². The van der Waals surface area contributed by atoms with E-state index in [0.717, 1.165) is 5.56 Å². The minimum atomic E-state index is -4.28. The number of halogens is 4. The monoisotopic (exact) mass is 351 g/mol. The Morgan fingerprint density at radius 3 is 2.74 bits per heavy atom. The molecule has 4 nitrogen and oxygen atoms in total. The molecule has 0 radical (unpaired) electrons. The zero-order chi connectivity index (χ0) is 17.1. The van der Waals surface area contributed by atoms with Gasteiger partial charge in [-0.15, -0.1) is 0 Å². The first kappa shape index (κ1) is 19.6. The summed E-state index contributed by atoms with van der Waals surface area (Å²) in [6, 6.07) is 7.40. The van der Waals surface area contributed by atoms with Crippen molar-refractivity contribution in [3.05, 3.63) is 34.9 Å². The Morgan fingerprint density at radius 2 is 2.09 bits per heavy atom. The summed E-state index contributed by atoms with van der Waals surface area (Å²) in [5.41, 5.74) is 0.975. The third-order valence-electron chi connectivity index (χ3n) is 2.68. The van der Waals surface area contributed by atoms with Crippen LogP contribution in [0, 0.1) is 0 Å². The molecule has 130 valence electrons. The molecule has 0 atom stereocenters. The maximum Gasteiger partial charge on any atom is 0.411 e. The molecule has 0 aliphatic carbocycles. The van der Waals surface area contributed by atoms with Gasteiger partial charge in [0.2, 0.25) is 0 Å². The van der Waals surface area contributed by atoms with Crippen LogP contribution in [0.1, 0.15) is 18.9 Å². The van der Waals surface area contributed by atoms with Gasteiger partial charge in [-0.2, -0.15) is 13.2 Å². The second kappa shape index (κ2) is 10.3. The summed E-state index contributed by atoms with van der Waals surface area (Å²) in [6.07, 6.45) is -3.82. The van der Waals surface area contributed by atoms with Gasteiger partial charge in [0.1, 0.15) is 6.61 Å². The normalized spacial score (nSPS) is 12.3. The van der Waals surface area contributed by atoms with E-state index in [1.165, 1.54) is 0 Å². The number of guanidine groups is 1. The fourth-order valence-electron chi connectivity index (χ4n) is 1.72. The first-order chi connectivity index (χ1) is 10.9. The van der Waals surface area contributed by atoms with E-state index in [-0.39, 0.29) is 6.61 Å². The Labute approximate surface area is 139 Å².